The molecule has 0 aromatic carbocycles. The Labute approximate surface area is 78.4 Å². The molecule has 0 atom stereocenters. The van der Waals surface area contributed by atoms with Gasteiger partial charge in [0.05, 0.1) is 11.2 Å². The third kappa shape index (κ3) is 2.41. The first-order chi connectivity index (χ1) is 5.04. The number of furan rings is 1. The van der Waals surface area contributed by atoms with Gasteiger partial charge in [0.2, 0.25) is 0 Å². The van der Waals surface area contributed by atoms with Gasteiger partial charge in [-0.05, 0) is 28.5 Å². The van der Waals surface area contributed by atoms with Crippen molar-refractivity contribution in [2.75, 3.05) is 0 Å². The maximum absolute atomic E-state index is 11.0. The van der Waals surface area contributed by atoms with Crippen LogP contribution in [0.5, 0.6) is 0 Å². The number of hydrogen-bond donors (Lipinski definition) is 0. The third-order valence-electron chi connectivity index (χ3n) is 1.07. The van der Waals surface area contributed by atoms with Gasteiger partial charge in [-0.15, -0.1) is 11.6 Å². The van der Waals surface area contributed by atoms with Crippen molar-refractivity contribution in [1.82, 2.24) is 0 Å². The van der Waals surface area contributed by atoms with Crippen LogP contribution in [0.25, 0.3) is 0 Å². The molecule has 1 aromatic heterocycles. The van der Waals surface area contributed by atoms with Crippen molar-refractivity contribution >= 4 is 45.2 Å². The molecule has 0 aliphatic heterocycles. The Bertz CT molecular complexity index is 290. The maximum Gasteiger partial charge on any atom is 0.285 e. The summed E-state index contributed by atoms with van der Waals surface area (Å²) in [5.74, 6) is -2.50. The Morgan fingerprint density at radius 3 is 2.45 bits per heavy atom. The van der Waals surface area contributed by atoms with E-state index in [-0.39, 0.29) is 11.2 Å². The van der Waals surface area contributed by atoms with Crippen molar-refractivity contribution in [2.24, 2.45) is 0 Å². The SMILES string of the molecule is O=P(Cl)(Cl)c1coc(CCl)c1. The van der Waals surface area contributed by atoms with Gasteiger partial charge in [-0.25, -0.2) is 0 Å². The average molecular weight is 233 g/mol. The molecule has 0 N–H and O–H groups in total. The monoisotopic (exact) mass is 232 g/mol. The Hall–Kier alpha value is 0.380. The Morgan fingerprint density at radius 2 is 2.18 bits per heavy atom. The van der Waals surface area contributed by atoms with Crippen LogP contribution in [0.1, 0.15) is 5.76 Å². The molecule has 1 aromatic rings. The number of alkyl halides is 1. The molecular weight excluding hydrogens is 229 g/mol. The van der Waals surface area contributed by atoms with Gasteiger partial charge < -0.3 is 4.42 Å². The second kappa shape index (κ2) is 3.40. The topological polar surface area (TPSA) is 30.2 Å². The lowest BCUT2D eigenvalue weighted by atomic mass is 10.5. The summed E-state index contributed by atoms with van der Waals surface area (Å²) in [6.07, 6.45) is 1.25. The van der Waals surface area contributed by atoms with Gasteiger partial charge >= 0.3 is 0 Å². The van der Waals surface area contributed by atoms with Gasteiger partial charge in [-0.1, -0.05) is 0 Å². The van der Waals surface area contributed by atoms with E-state index in [1.54, 1.807) is 0 Å². The fraction of sp³-hybridized carbons (Fsp3) is 0.200. The van der Waals surface area contributed by atoms with Crippen LogP contribution in [-0.2, 0) is 10.4 Å². The summed E-state index contributed by atoms with van der Waals surface area (Å²) < 4.78 is 15.8. The lowest BCUT2D eigenvalue weighted by Gasteiger charge is -1.92. The Kier molecular flexibility index (Phi) is 2.93. The van der Waals surface area contributed by atoms with E-state index in [4.69, 9.17) is 38.5 Å². The van der Waals surface area contributed by atoms with E-state index >= 15 is 0 Å². The van der Waals surface area contributed by atoms with Gasteiger partial charge in [0.25, 0.3) is 5.85 Å². The minimum atomic E-state index is -3.22. The summed E-state index contributed by atoms with van der Waals surface area (Å²) in [6.45, 7) is 0. The highest BCUT2D eigenvalue weighted by atomic mass is 35.9. The second-order valence-corrected chi connectivity index (χ2v) is 6.95. The first-order valence-electron chi connectivity index (χ1n) is 2.67. The van der Waals surface area contributed by atoms with Crippen LogP contribution in [0, 0.1) is 0 Å². The molecule has 6 heteroatoms. The average Bonchev–Trinajstić information content (AvgIpc) is 2.32. The summed E-state index contributed by atoms with van der Waals surface area (Å²) in [5, 5.41) is 0.288. The molecule has 0 saturated carbocycles. The van der Waals surface area contributed by atoms with Crippen LogP contribution in [0.3, 0.4) is 0 Å². The van der Waals surface area contributed by atoms with Crippen molar-refractivity contribution in [1.29, 1.82) is 0 Å². The summed E-state index contributed by atoms with van der Waals surface area (Å²) >= 11 is 16.1. The summed E-state index contributed by atoms with van der Waals surface area (Å²) in [6, 6.07) is 1.48. The van der Waals surface area contributed by atoms with Crippen LogP contribution < -0.4 is 5.30 Å². The maximum atomic E-state index is 11.0. The molecule has 0 bridgehead atoms. The first-order valence-corrected chi connectivity index (χ1v) is 6.72. The van der Waals surface area contributed by atoms with Crippen LogP contribution in [-0.4, -0.2) is 0 Å². The first kappa shape index (κ1) is 9.47. The highest BCUT2D eigenvalue weighted by molar-refractivity contribution is 8.13. The molecule has 0 amide bonds. The highest BCUT2D eigenvalue weighted by Gasteiger charge is 2.19. The lowest BCUT2D eigenvalue weighted by Crippen LogP contribution is -1.89. The van der Waals surface area contributed by atoms with Crippen molar-refractivity contribution in [3.05, 3.63) is 18.1 Å². The van der Waals surface area contributed by atoms with Gasteiger partial charge in [-0.2, -0.15) is 0 Å². The highest BCUT2D eigenvalue weighted by Crippen LogP contribution is 2.55. The van der Waals surface area contributed by atoms with E-state index in [2.05, 4.69) is 0 Å². The molecule has 0 fully saturated rings. The van der Waals surface area contributed by atoms with Gasteiger partial charge in [0, 0.05) is 0 Å². The minimum absolute atomic E-state index is 0.216. The molecule has 2 nitrogen and oxygen atoms in total. The minimum Gasteiger partial charge on any atom is -0.467 e. The van der Waals surface area contributed by atoms with Crippen LogP contribution >= 0.6 is 39.9 Å². The number of halogens is 3. The van der Waals surface area contributed by atoms with Crippen LogP contribution in [0.2, 0.25) is 0 Å². The predicted molar refractivity (Wildman–Crippen MR) is 47.2 cm³/mol. The van der Waals surface area contributed by atoms with Gasteiger partial charge in [-0.3, -0.25) is 4.57 Å². The van der Waals surface area contributed by atoms with Crippen molar-refractivity contribution in [3.63, 3.8) is 0 Å². The molecule has 1 heterocycles. The molecule has 0 spiro atoms. The molecule has 0 radical (unpaired) electrons. The molecule has 0 unspecified atom stereocenters. The molecule has 0 aliphatic carbocycles. The predicted octanol–water partition coefficient (Wildman–Crippen LogP) is 3.31. The van der Waals surface area contributed by atoms with E-state index in [1.165, 1.54) is 12.3 Å². The summed E-state index contributed by atoms with van der Waals surface area (Å²) in [5.41, 5.74) is 0. The van der Waals surface area contributed by atoms with Crippen LogP contribution in [0.4, 0.5) is 0 Å². The zero-order valence-electron chi connectivity index (χ0n) is 5.26. The summed E-state index contributed by atoms with van der Waals surface area (Å²) in [7, 11) is 0. The normalized spacial score (nSPS) is 11.9. The fourth-order valence-electron chi connectivity index (χ4n) is 0.576. The smallest absolute Gasteiger partial charge is 0.285 e. The largest absolute Gasteiger partial charge is 0.467 e. The zero-order valence-corrected chi connectivity index (χ0v) is 8.42. The van der Waals surface area contributed by atoms with Crippen molar-refractivity contribution in [2.45, 2.75) is 5.88 Å². The van der Waals surface area contributed by atoms with Gasteiger partial charge in [0.1, 0.15) is 12.0 Å². The van der Waals surface area contributed by atoms with Crippen molar-refractivity contribution < 1.29 is 8.98 Å². The van der Waals surface area contributed by atoms with E-state index in [0.717, 1.165) is 0 Å². The quantitative estimate of drug-likeness (QED) is 0.579. The molecule has 11 heavy (non-hydrogen) atoms. The van der Waals surface area contributed by atoms with Crippen LogP contribution in [0.15, 0.2) is 16.7 Å². The second-order valence-electron chi connectivity index (χ2n) is 1.87. The van der Waals surface area contributed by atoms with E-state index < -0.39 is 5.85 Å². The zero-order chi connectivity index (χ0) is 8.48. The van der Waals surface area contributed by atoms with E-state index in [9.17, 15) is 4.57 Å². The Balaban J connectivity index is 2.99. The number of hydrogen-bond acceptors (Lipinski definition) is 2. The third-order valence-corrected chi connectivity index (χ3v) is 3.34. The molecule has 1 rings (SSSR count). The molecule has 0 saturated heterocycles. The molecule has 62 valence electrons. The molecule has 0 aliphatic rings. The summed E-state index contributed by atoms with van der Waals surface area (Å²) in [4.78, 5) is 0. The fourth-order valence-corrected chi connectivity index (χ4v) is 1.72. The van der Waals surface area contributed by atoms with E-state index in [0.29, 0.717) is 5.76 Å². The van der Waals surface area contributed by atoms with E-state index in [1.807, 2.05) is 0 Å². The number of rotatable bonds is 2. The van der Waals surface area contributed by atoms with Crippen molar-refractivity contribution in [3.8, 4) is 0 Å². The van der Waals surface area contributed by atoms with Gasteiger partial charge in [0.15, 0.2) is 0 Å². The Morgan fingerprint density at radius 1 is 1.55 bits per heavy atom. The standard InChI is InChI=1S/C5H4Cl3O2P/c6-2-4-1-5(3-10-4)11(7,8)9/h1,3H,2H2. The molecular formula is C5H4Cl3O2P. The lowest BCUT2D eigenvalue weighted by molar-refractivity contribution is 0.530.